The Morgan fingerprint density at radius 3 is 2.44 bits per heavy atom. The second-order valence-corrected chi connectivity index (χ2v) is 8.17. The largest absolute Gasteiger partial charge is 0.103 e. The Balaban J connectivity index is 2.11. The van der Waals surface area contributed by atoms with Gasteiger partial charge >= 0.3 is 0 Å². The topological polar surface area (TPSA) is 0 Å². The molecule has 2 heteroatoms. The Hall–Kier alpha value is -0.130. The molecule has 1 rings (SSSR count). The average Bonchev–Trinajstić information content (AvgIpc) is 2.34. The molecule has 0 bridgehead atoms. The van der Waals surface area contributed by atoms with Gasteiger partial charge in [0.05, 0.1) is 0 Å². The first kappa shape index (κ1) is 13.9. The van der Waals surface area contributed by atoms with Crippen LogP contribution in [0.1, 0.15) is 32.1 Å². The molecular weight excluding hydrogens is 279 g/mol. The number of unbranched alkanes of at least 4 members (excludes halogenated alkanes) is 4. The van der Waals surface area contributed by atoms with Gasteiger partial charge in [0.15, 0.2) is 0 Å². The normalized spacial score (nSPS) is 12.3. The molecule has 1 unspecified atom stereocenters. The first-order valence-electron chi connectivity index (χ1n) is 5.94. The molecule has 0 saturated carbocycles. The molecule has 0 aliphatic rings. The summed E-state index contributed by atoms with van der Waals surface area (Å²) in [6.45, 7) is 3.63. The smallest absolute Gasteiger partial charge is 0.00452 e. The minimum Gasteiger partial charge on any atom is -0.103 e. The Morgan fingerprint density at radius 2 is 1.75 bits per heavy atom. The zero-order chi connectivity index (χ0) is 11.6. The third-order valence-corrected chi connectivity index (χ3v) is 6.41. The van der Waals surface area contributed by atoms with Gasteiger partial charge in [0.25, 0.3) is 0 Å². The predicted octanol–water partition coefficient (Wildman–Crippen LogP) is 5.24. The summed E-state index contributed by atoms with van der Waals surface area (Å²) >= 11 is 3.82. The van der Waals surface area contributed by atoms with Gasteiger partial charge in [-0.1, -0.05) is 64.7 Å². The molecule has 1 atom stereocenters. The van der Waals surface area contributed by atoms with Crippen LogP contribution >= 0.6 is 22.1 Å². The number of rotatable bonds is 8. The van der Waals surface area contributed by atoms with Crippen molar-refractivity contribution in [1.82, 2.24) is 0 Å². The van der Waals surface area contributed by atoms with E-state index in [1.807, 2.05) is 6.08 Å². The lowest BCUT2D eigenvalue weighted by atomic mass is 10.2. The van der Waals surface area contributed by atoms with E-state index in [4.69, 9.17) is 0 Å². The van der Waals surface area contributed by atoms with Crippen molar-refractivity contribution >= 4 is 27.4 Å². The van der Waals surface area contributed by atoms with Gasteiger partial charge in [-0.15, -0.1) is 6.58 Å². The van der Waals surface area contributed by atoms with Crippen LogP contribution in [-0.2, 0) is 0 Å². The third-order valence-electron chi connectivity index (χ3n) is 2.55. The quantitative estimate of drug-likeness (QED) is 0.350. The van der Waals surface area contributed by atoms with Gasteiger partial charge in [-0.3, -0.25) is 0 Å². The Kier molecular flexibility index (Phi) is 7.80. The van der Waals surface area contributed by atoms with Crippen molar-refractivity contribution in [2.24, 2.45) is 0 Å². The van der Waals surface area contributed by atoms with Crippen LogP contribution in [0.4, 0.5) is 0 Å². The number of allylic oxidation sites excluding steroid dienone is 1. The van der Waals surface area contributed by atoms with Crippen molar-refractivity contribution < 1.29 is 0 Å². The van der Waals surface area contributed by atoms with Crippen LogP contribution in [0.15, 0.2) is 43.0 Å². The molecule has 88 valence electrons. The van der Waals surface area contributed by atoms with E-state index in [2.05, 4.69) is 52.4 Å². The highest BCUT2D eigenvalue weighted by Gasteiger charge is 2.05. The predicted molar refractivity (Wildman–Crippen MR) is 80.1 cm³/mol. The maximum absolute atomic E-state index is 3.82. The highest BCUT2D eigenvalue weighted by atomic mass is 79.9. The number of benzene rings is 1. The molecule has 0 aromatic heterocycles. The van der Waals surface area contributed by atoms with Gasteiger partial charge in [-0.2, -0.15) is 0 Å². The molecule has 0 radical (unpaired) electrons. The Morgan fingerprint density at radius 1 is 1.06 bits per heavy atom. The zero-order valence-electron chi connectivity index (χ0n) is 9.74. The molecule has 0 spiro atoms. The molecule has 0 heterocycles. The van der Waals surface area contributed by atoms with Crippen LogP contribution in [-0.4, -0.2) is 6.16 Å². The van der Waals surface area contributed by atoms with E-state index in [0.717, 1.165) is 0 Å². The second-order valence-electron chi connectivity index (χ2n) is 3.91. The fourth-order valence-corrected chi connectivity index (χ4v) is 4.33. The Labute approximate surface area is 109 Å². The van der Waals surface area contributed by atoms with E-state index in [9.17, 15) is 0 Å². The molecule has 0 nitrogen and oxygen atoms in total. The molecular formula is C14H20BrP. The van der Waals surface area contributed by atoms with E-state index < -0.39 is 0 Å². The molecule has 0 N–H and O–H groups in total. The van der Waals surface area contributed by atoms with Crippen molar-refractivity contribution in [2.75, 3.05) is 6.16 Å². The summed E-state index contributed by atoms with van der Waals surface area (Å²) in [5.41, 5.74) is 0. The van der Waals surface area contributed by atoms with Gasteiger partial charge in [0, 0.05) is 0 Å². The van der Waals surface area contributed by atoms with Crippen LogP contribution in [0.25, 0.3) is 0 Å². The molecule has 0 amide bonds. The maximum atomic E-state index is 3.82. The van der Waals surface area contributed by atoms with E-state index >= 15 is 0 Å². The fourth-order valence-electron chi connectivity index (χ4n) is 1.61. The molecule has 0 fully saturated rings. The monoisotopic (exact) mass is 298 g/mol. The van der Waals surface area contributed by atoms with Crippen molar-refractivity contribution in [2.45, 2.75) is 32.1 Å². The standard InChI is InChI=1S/C14H20BrP/c1-2-3-4-5-6-10-13-16(15)14-11-8-7-9-12-14/h2,7-9,11-12H,1,3-6,10,13H2. The summed E-state index contributed by atoms with van der Waals surface area (Å²) in [5.74, 6) is 0. The number of hydrogen-bond acceptors (Lipinski definition) is 0. The lowest BCUT2D eigenvalue weighted by molar-refractivity contribution is 0.678. The summed E-state index contributed by atoms with van der Waals surface area (Å²) in [4.78, 5) is 0. The summed E-state index contributed by atoms with van der Waals surface area (Å²) < 4.78 is 0. The van der Waals surface area contributed by atoms with Gasteiger partial charge < -0.3 is 0 Å². The van der Waals surface area contributed by atoms with E-state index in [1.165, 1.54) is 43.6 Å². The molecule has 0 aliphatic heterocycles. The Bertz CT molecular complexity index is 284. The van der Waals surface area contributed by atoms with Crippen LogP contribution in [0.5, 0.6) is 0 Å². The molecule has 0 aliphatic carbocycles. The van der Waals surface area contributed by atoms with Gasteiger partial charge in [-0.05, 0) is 37.4 Å². The molecule has 1 aromatic rings. The van der Waals surface area contributed by atoms with Crippen molar-refractivity contribution in [3.05, 3.63) is 43.0 Å². The van der Waals surface area contributed by atoms with Crippen LogP contribution in [0, 0.1) is 0 Å². The van der Waals surface area contributed by atoms with Gasteiger partial charge in [0.2, 0.25) is 0 Å². The fraction of sp³-hybridized carbons (Fsp3) is 0.429. The third kappa shape index (κ3) is 5.82. The summed E-state index contributed by atoms with van der Waals surface area (Å²) in [6, 6.07) is 10.8. The second kappa shape index (κ2) is 8.96. The van der Waals surface area contributed by atoms with E-state index in [0.29, 0.717) is 0 Å². The summed E-state index contributed by atoms with van der Waals surface area (Å²) in [6.07, 6.45) is 9.82. The zero-order valence-corrected chi connectivity index (χ0v) is 12.2. The van der Waals surface area contributed by atoms with Crippen molar-refractivity contribution in [1.29, 1.82) is 0 Å². The maximum Gasteiger partial charge on any atom is -0.00452 e. The summed E-state index contributed by atoms with van der Waals surface area (Å²) in [7, 11) is 0. The van der Waals surface area contributed by atoms with Crippen molar-refractivity contribution in [3.8, 4) is 0 Å². The first-order chi connectivity index (χ1) is 7.84. The van der Waals surface area contributed by atoms with Crippen molar-refractivity contribution in [3.63, 3.8) is 0 Å². The molecule has 0 saturated heterocycles. The lowest BCUT2D eigenvalue weighted by Gasteiger charge is -2.09. The first-order valence-corrected chi connectivity index (χ1v) is 9.48. The van der Waals surface area contributed by atoms with Crippen LogP contribution in [0.2, 0.25) is 0 Å². The highest BCUT2D eigenvalue weighted by molar-refractivity contribution is 9.40. The van der Waals surface area contributed by atoms with Crippen LogP contribution in [0.3, 0.4) is 0 Å². The SMILES string of the molecule is C=CCCCCCCP(Br)c1ccccc1. The van der Waals surface area contributed by atoms with E-state index in [-0.39, 0.29) is 6.62 Å². The minimum absolute atomic E-state index is 0.108. The minimum atomic E-state index is -0.108. The summed E-state index contributed by atoms with van der Waals surface area (Å²) in [5, 5.41) is 1.46. The van der Waals surface area contributed by atoms with Gasteiger partial charge in [-0.25, -0.2) is 0 Å². The lowest BCUT2D eigenvalue weighted by Crippen LogP contribution is -1.98. The number of halogens is 1. The molecule has 16 heavy (non-hydrogen) atoms. The number of hydrogen-bond donors (Lipinski definition) is 0. The van der Waals surface area contributed by atoms with E-state index in [1.54, 1.807) is 0 Å². The van der Waals surface area contributed by atoms with Crippen LogP contribution < -0.4 is 5.30 Å². The van der Waals surface area contributed by atoms with Gasteiger partial charge in [0.1, 0.15) is 0 Å². The molecule has 1 aromatic carbocycles. The highest BCUT2D eigenvalue weighted by Crippen LogP contribution is 2.43. The average molecular weight is 299 g/mol.